The number of benzene rings is 2. The van der Waals surface area contributed by atoms with Crippen LogP contribution in [0.4, 0.5) is 0 Å². The molecule has 0 spiro atoms. The zero-order chi connectivity index (χ0) is 12.4. The summed E-state index contributed by atoms with van der Waals surface area (Å²) in [5, 5.41) is 14.4. The maximum Gasteiger partial charge on any atom is 0.124 e. The number of aromatic nitrogens is 1. The van der Waals surface area contributed by atoms with Gasteiger partial charge in [-0.15, -0.1) is 11.3 Å². The molecule has 0 atom stereocenters. The van der Waals surface area contributed by atoms with E-state index in [4.69, 9.17) is 5.11 Å². The Labute approximate surface area is 110 Å². The highest BCUT2D eigenvalue weighted by molar-refractivity contribution is 7.13. The molecule has 0 aliphatic heterocycles. The Morgan fingerprint density at radius 3 is 2.78 bits per heavy atom. The molecule has 0 saturated carbocycles. The molecule has 1 heterocycles. The van der Waals surface area contributed by atoms with Crippen molar-refractivity contribution in [2.45, 2.75) is 6.42 Å². The molecule has 1 N–H and O–H groups in total. The maximum absolute atomic E-state index is 8.94. The summed E-state index contributed by atoms with van der Waals surface area (Å²) in [6.07, 6.45) is 0.626. The summed E-state index contributed by atoms with van der Waals surface area (Å²) < 4.78 is 0. The molecular weight excluding hydrogens is 242 g/mol. The first-order chi connectivity index (χ1) is 8.88. The molecule has 90 valence electrons. The molecule has 2 nitrogen and oxygen atoms in total. The predicted molar refractivity (Wildman–Crippen MR) is 75.8 cm³/mol. The van der Waals surface area contributed by atoms with E-state index in [-0.39, 0.29) is 6.61 Å². The average molecular weight is 255 g/mol. The van der Waals surface area contributed by atoms with Crippen LogP contribution in [0.15, 0.2) is 47.8 Å². The van der Waals surface area contributed by atoms with E-state index in [0.29, 0.717) is 6.42 Å². The van der Waals surface area contributed by atoms with Crippen molar-refractivity contribution in [2.24, 2.45) is 0 Å². The van der Waals surface area contributed by atoms with Gasteiger partial charge >= 0.3 is 0 Å². The number of aliphatic hydroxyl groups excluding tert-OH is 1. The Kier molecular flexibility index (Phi) is 3.09. The first-order valence-corrected chi connectivity index (χ1v) is 6.80. The molecule has 1 aromatic heterocycles. The number of fused-ring (bicyclic) bond motifs is 1. The van der Waals surface area contributed by atoms with E-state index in [1.54, 1.807) is 11.3 Å². The molecule has 0 bridgehead atoms. The Morgan fingerprint density at radius 1 is 1.06 bits per heavy atom. The van der Waals surface area contributed by atoms with Gasteiger partial charge < -0.3 is 5.11 Å². The predicted octanol–water partition coefficient (Wildman–Crippen LogP) is 3.50. The third kappa shape index (κ3) is 2.03. The number of hydrogen-bond acceptors (Lipinski definition) is 3. The van der Waals surface area contributed by atoms with Gasteiger partial charge in [0.15, 0.2) is 0 Å². The molecule has 0 aliphatic rings. The molecule has 0 unspecified atom stereocenters. The second-order valence-electron chi connectivity index (χ2n) is 4.14. The second-order valence-corrected chi connectivity index (χ2v) is 5.00. The van der Waals surface area contributed by atoms with Crippen LogP contribution in [0.2, 0.25) is 0 Å². The van der Waals surface area contributed by atoms with E-state index < -0.39 is 0 Å². The highest BCUT2D eigenvalue weighted by Gasteiger charge is 2.07. The van der Waals surface area contributed by atoms with Crippen LogP contribution in [0, 0.1) is 0 Å². The summed E-state index contributed by atoms with van der Waals surface area (Å²) in [6.45, 7) is 0.151. The van der Waals surface area contributed by atoms with Crippen LogP contribution < -0.4 is 0 Å². The van der Waals surface area contributed by atoms with Crippen molar-refractivity contribution in [1.82, 2.24) is 4.98 Å². The van der Waals surface area contributed by atoms with Gasteiger partial charge in [-0.1, -0.05) is 42.5 Å². The molecule has 3 aromatic rings. The van der Waals surface area contributed by atoms with E-state index in [1.807, 2.05) is 17.5 Å². The first-order valence-electron chi connectivity index (χ1n) is 5.92. The summed E-state index contributed by atoms with van der Waals surface area (Å²) in [7, 11) is 0. The molecule has 0 aliphatic carbocycles. The van der Waals surface area contributed by atoms with E-state index in [1.165, 1.54) is 16.3 Å². The van der Waals surface area contributed by atoms with Gasteiger partial charge in [0.05, 0.1) is 5.69 Å². The quantitative estimate of drug-likeness (QED) is 0.777. The monoisotopic (exact) mass is 255 g/mol. The molecule has 0 fully saturated rings. The van der Waals surface area contributed by atoms with Crippen LogP contribution in [0.5, 0.6) is 0 Å². The molecule has 0 amide bonds. The lowest BCUT2D eigenvalue weighted by molar-refractivity contribution is 0.298. The molecule has 0 saturated heterocycles. The van der Waals surface area contributed by atoms with Crippen molar-refractivity contribution in [2.75, 3.05) is 6.61 Å². The topological polar surface area (TPSA) is 33.1 Å². The van der Waals surface area contributed by atoms with Crippen molar-refractivity contribution >= 4 is 22.1 Å². The van der Waals surface area contributed by atoms with Gasteiger partial charge in [-0.2, -0.15) is 0 Å². The summed E-state index contributed by atoms with van der Waals surface area (Å²) in [5.74, 6) is 0. The summed E-state index contributed by atoms with van der Waals surface area (Å²) >= 11 is 1.64. The molecule has 18 heavy (non-hydrogen) atoms. The largest absolute Gasteiger partial charge is 0.396 e. The first kappa shape index (κ1) is 11.4. The van der Waals surface area contributed by atoms with E-state index in [2.05, 4.69) is 35.3 Å². The zero-order valence-corrected chi connectivity index (χ0v) is 10.7. The molecular formula is C15H13NOS. The average Bonchev–Trinajstić information content (AvgIpc) is 2.87. The number of aliphatic hydroxyl groups is 1. The smallest absolute Gasteiger partial charge is 0.124 e. The normalized spacial score (nSPS) is 10.9. The van der Waals surface area contributed by atoms with Gasteiger partial charge in [0, 0.05) is 24.0 Å². The molecule has 3 rings (SSSR count). The third-order valence-corrected chi connectivity index (χ3v) is 3.86. The fourth-order valence-corrected chi connectivity index (χ4v) is 2.97. The highest BCUT2D eigenvalue weighted by Crippen LogP contribution is 2.30. The molecule has 2 aromatic carbocycles. The van der Waals surface area contributed by atoms with Crippen molar-refractivity contribution in [3.8, 4) is 10.6 Å². The van der Waals surface area contributed by atoms with Crippen LogP contribution in [-0.2, 0) is 6.42 Å². The highest BCUT2D eigenvalue weighted by atomic mass is 32.1. The lowest BCUT2D eigenvalue weighted by Gasteiger charge is -2.02. The van der Waals surface area contributed by atoms with Gasteiger partial charge in [-0.05, 0) is 10.8 Å². The Bertz CT molecular complexity index is 670. The van der Waals surface area contributed by atoms with Gasteiger partial charge in [-0.25, -0.2) is 4.98 Å². The summed E-state index contributed by atoms with van der Waals surface area (Å²) in [5.41, 5.74) is 2.13. The van der Waals surface area contributed by atoms with Crippen LogP contribution >= 0.6 is 11.3 Å². The van der Waals surface area contributed by atoms with Crippen molar-refractivity contribution in [3.63, 3.8) is 0 Å². The van der Waals surface area contributed by atoms with Crippen LogP contribution in [-0.4, -0.2) is 16.7 Å². The SMILES string of the molecule is OCCc1csc(-c2cccc3ccccc23)n1. The minimum absolute atomic E-state index is 0.151. The summed E-state index contributed by atoms with van der Waals surface area (Å²) in [6, 6.07) is 14.6. The van der Waals surface area contributed by atoms with Crippen LogP contribution in [0.1, 0.15) is 5.69 Å². The van der Waals surface area contributed by atoms with Crippen molar-refractivity contribution in [3.05, 3.63) is 53.5 Å². The molecule has 0 radical (unpaired) electrons. The zero-order valence-electron chi connectivity index (χ0n) is 9.84. The van der Waals surface area contributed by atoms with Gasteiger partial charge in [0.1, 0.15) is 5.01 Å². The standard InChI is InChI=1S/C15H13NOS/c17-9-8-12-10-18-15(16-12)14-7-3-5-11-4-1-2-6-13(11)14/h1-7,10,17H,8-9H2. The number of nitrogens with zero attached hydrogens (tertiary/aromatic N) is 1. The van der Waals surface area contributed by atoms with Crippen molar-refractivity contribution in [1.29, 1.82) is 0 Å². The molecule has 3 heteroatoms. The minimum Gasteiger partial charge on any atom is -0.396 e. The third-order valence-electron chi connectivity index (χ3n) is 2.94. The fourth-order valence-electron chi connectivity index (χ4n) is 2.07. The lowest BCUT2D eigenvalue weighted by Crippen LogP contribution is -1.90. The fraction of sp³-hybridized carbons (Fsp3) is 0.133. The van der Waals surface area contributed by atoms with Crippen LogP contribution in [0.25, 0.3) is 21.3 Å². The Hall–Kier alpha value is -1.71. The van der Waals surface area contributed by atoms with Gasteiger partial charge in [0.2, 0.25) is 0 Å². The van der Waals surface area contributed by atoms with Gasteiger partial charge in [0.25, 0.3) is 0 Å². The van der Waals surface area contributed by atoms with E-state index >= 15 is 0 Å². The van der Waals surface area contributed by atoms with E-state index in [0.717, 1.165) is 10.7 Å². The van der Waals surface area contributed by atoms with Gasteiger partial charge in [-0.3, -0.25) is 0 Å². The number of rotatable bonds is 3. The second kappa shape index (κ2) is 4.88. The maximum atomic E-state index is 8.94. The number of hydrogen-bond donors (Lipinski definition) is 1. The number of thiazole rings is 1. The van der Waals surface area contributed by atoms with Crippen LogP contribution in [0.3, 0.4) is 0 Å². The Balaban J connectivity index is 2.12. The summed E-state index contributed by atoms with van der Waals surface area (Å²) in [4.78, 5) is 4.58. The van der Waals surface area contributed by atoms with Crippen molar-refractivity contribution < 1.29 is 5.11 Å². The van der Waals surface area contributed by atoms with E-state index in [9.17, 15) is 0 Å². The lowest BCUT2D eigenvalue weighted by atomic mass is 10.1. The minimum atomic E-state index is 0.151. The Morgan fingerprint density at radius 2 is 1.89 bits per heavy atom.